The van der Waals surface area contributed by atoms with Gasteiger partial charge in [-0.25, -0.2) is 9.59 Å². The molecule has 13 heavy (non-hydrogen) atoms. The molecule has 0 aromatic carbocycles. The van der Waals surface area contributed by atoms with Crippen LogP contribution in [-0.2, 0) is 9.59 Å². The minimum atomic E-state index is -2.70. The van der Waals surface area contributed by atoms with Crippen molar-refractivity contribution < 1.29 is 24.9 Å². The van der Waals surface area contributed by atoms with Gasteiger partial charge in [-0.15, -0.1) is 0 Å². The summed E-state index contributed by atoms with van der Waals surface area (Å²) in [6.07, 6.45) is -0.233. The number of carboxylic acid groups (broad SMARTS) is 2. The number of aliphatic carboxylic acids is 2. The molecule has 0 amide bonds. The molecule has 0 bridgehead atoms. The van der Waals surface area contributed by atoms with Gasteiger partial charge in [-0.1, -0.05) is 0 Å². The van der Waals surface area contributed by atoms with Crippen molar-refractivity contribution in [1.82, 2.24) is 0 Å². The Hall–Kier alpha value is 0.431. The summed E-state index contributed by atoms with van der Waals surface area (Å²) in [5.74, 6) is -3.52. The van der Waals surface area contributed by atoms with Crippen molar-refractivity contribution in [2.75, 3.05) is 6.54 Å². The monoisotopic (exact) mass is 317 g/mol. The second kappa shape index (κ2) is 6.82. The van der Waals surface area contributed by atoms with Crippen LogP contribution in [0.5, 0.6) is 0 Å². The van der Waals surface area contributed by atoms with E-state index in [1.54, 1.807) is 0 Å². The summed E-state index contributed by atoms with van der Waals surface area (Å²) >= 11 is 0. The molecule has 74 valence electrons. The summed E-state index contributed by atoms with van der Waals surface area (Å²) in [7, 11) is 0. The van der Waals surface area contributed by atoms with E-state index >= 15 is 0 Å². The molecule has 0 aliphatic heterocycles. The Labute approximate surface area is 115 Å². The Balaban J connectivity index is 0. The van der Waals surface area contributed by atoms with Crippen LogP contribution in [-0.4, -0.2) is 88.3 Å². The second-order valence-corrected chi connectivity index (χ2v) is 2.36. The van der Waals surface area contributed by atoms with Crippen LogP contribution in [0.15, 0.2) is 0 Å². The molecule has 0 aliphatic carbocycles. The van der Waals surface area contributed by atoms with E-state index in [0.717, 1.165) is 0 Å². The third kappa shape index (κ3) is 4.45. The van der Waals surface area contributed by atoms with Gasteiger partial charge in [0, 0.05) is 0 Å². The van der Waals surface area contributed by atoms with Gasteiger partial charge < -0.3 is 21.1 Å². The third-order valence-electron chi connectivity index (χ3n) is 1.45. The number of carboxylic acids is 2. The van der Waals surface area contributed by atoms with Crippen LogP contribution >= 0.6 is 0 Å². The Morgan fingerprint density at radius 3 is 1.85 bits per heavy atom. The SMILES string of the molecule is NCCCC(O)(C(=O)O)C(=O)O.[BaH2]. The van der Waals surface area contributed by atoms with Crippen molar-refractivity contribution in [2.24, 2.45) is 5.73 Å². The quantitative estimate of drug-likeness (QED) is 0.335. The van der Waals surface area contributed by atoms with Crippen LogP contribution in [0.2, 0.25) is 0 Å². The molecular formula is C6H13BaNO5. The first-order valence-electron chi connectivity index (χ1n) is 3.34. The van der Waals surface area contributed by atoms with Crippen LogP contribution in [0.3, 0.4) is 0 Å². The molecule has 0 radical (unpaired) electrons. The predicted molar refractivity (Wildman–Crippen MR) is 47.1 cm³/mol. The molecular weight excluding hydrogens is 303 g/mol. The first-order valence-corrected chi connectivity index (χ1v) is 3.34. The van der Waals surface area contributed by atoms with E-state index in [1.165, 1.54) is 0 Å². The Morgan fingerprint density at radius 1 is 1.23 bits per heavy atom. The van der Waals surface area contributed by atoms with Crippen LogP contribution in [0.25, 0.3) is 0 Å². The molecule has 0 aliphatic rings. The average molecular weight is 316 g/mol. The van der Waals surface area contributed by atoms with Gasteiger partial charge in [-0.2, -0.15) is 0 Å². The molecule has 0 aromatic heterocycles. The summed E-state index contributed by atoms with van der Waals surface area (Å²) in [4.78, 5) is 20.6. The van der Waals surface area contributed by atoms with Crippen LogP contribution in [0.1, 0.15) is 12.8 Å². The molecule has 0 saturated heterocycles. The maximum absolute atomic E-state index is 10.3. The van der Waals surface area contributed by atoms with Gasteiger partial charge in [0.2, 0.25) is 0 Å². The van der Waals surface area contributed by atoms with Gasteiger partial charge in [0.05, 0.1) is 0 Å². The Bertz CT molecular complexity index is 181. The fourth-order valence-corrected chi connectivity index (χ4v) is 0.663. The summed E-state index contributed by atoms with van der Waals surface area (Å²) in [6, 6.07) is 0. The van der Waals surface area contributed by atoms with E-state index in [4.69, 9.17) is 21.1 Å². The standard InChI is InChI=1S/C6H11NO5.Ba.2H/c7-3-1-2-6(12,4(8)9)5(10)11;;;/h12H,1-3,7H2,(H,8,9)(H,10,11);;;. The van der Waals surface area contributed by atoms with Crippen molar-refractivity contribution in [3.63, 3.8) is 0 Å². The van der Waals surface area contributed by atoms with Gasteiger partial charge in [0.25, 0.3) is 5.60 Å². The van der Waals surface area contributed by atoms with Gasteiger partial charge in [-0.05, 0) is 19.4 Å². The number of hydrogen-bond acceptors (Lipinski definition) is 4. The van der Waals surface area contributed by atoms with Gasteiger partial charge >= 0.3 is 60.8 Å². The van der Waals surface area contributed by atoms with Crippen LogP contribution < -0.4 is 5.73 Å². The number of carbonyl (C=O) groups is 2. The van der Waals surface area contributed by atoms with Crippen molar-refractivity contribution >= 4 is 60.8 Å². The fraction of sp³-hybridized carbons (Fsp3) is 0.667. The number of hydrogen-bond donors (Lipinski definition) is 4. The van der Waals surface area contributed by atoms with E-state index in [1.807, 2.05) is 0 Å². The molecule has 0 heterocycles. The molecule has 5 N–H and O–H groups in total. The maximum atomic E-state index is 10.3. The molecule has 0 saturated carbocycles. The van der Waals surface area contributed by atoms with E-state index in [-0.39, 0.29) is 68.3 Å². The van der Waals surface area contributed by atoms with E-state index < -0.39 is 17.5 Å². The zero-order valence-corrected chi connectivity index (χ0v) is 6.36. The van der Waals surface area contributed by atoms with E-state index in [9.17, 15) is 9.59 Å². The second-order valence-electron chi connectivity index (χ2n) is 2.36. The van der Waals surface area contributed by atoms with Gasteiger partial charge in [0.1, 0.15) is 0 Å². The Kier molecular flexibility index (Phi) is 8.34. The molecule has 0 spiro atoms. The first kappa shape index (κ1) is 15.9. The molecule has 0 unspecified atom stereocenters. The van der Waals surface area contributed by atoms with Gasteiger partial charge in [0.15, 0.2) is 0 Å². The number of aliphatic hydroxyl groups is 1. The van der Waals surface area contributed by atoms with Crippen LogP contribution in [0.4, 0.5) is 0 Å². The zero-order valence-electron chi connectivity index (χ0n) is 6.36. The van der Waals surface area contributed by atoms with E-state index in [0.29, 0.717) is 0 Å². The number of rotatable bonds is 5. The average Bonchev–Trinajstić information content (AvgIpc) is 1.99. The molecule has 6 nitrogen and oxygen atoms in total. The normalized spacial score (nSPS) is 10.3. The minimum absolute atomic E-state index is 0. The number of nitrogens with two attached hydrogens (primary N) is 1. The fourth-order valence-electron chi connectivity index (χ4n) is 0.663. The topological polar surface area (TPSA) is 121 Å². The van der Waals surface area contributed by atoms with Gasteiger partial charge in [-0.3, -0.25) is 0 Å². The van der Waals surface area contributed by atoms with Crippen molar-refractivity contribution in [2.45, 2.75) is 18.4 Å². The summed E-state index contributed by atoms with van der Waals surface area (Å²) in [5, 5.41) is 25.8. The van der Waals surface area contributed by atoms with E-state index in [2.05, 4.69) is 0 Å². The summed E-state index contributed by atoms with van der Waals surface area (Å²) in [6.45, 7) is 0.142. The summed E-state index contributed by atoms with van der Waals surface area (Å²) < 4.78 is 0. The molecule has 7 heteroatoms. The van der Waals surface area contributed by atoms with Crippen molar-refractivity contribution in [3.05, 3.63) is 0 Å². The van der Waals surface area contributed by atoms with Crippen molar-refractivity contribution in [3.8, 4) is 0 Å². The third-order valence-corrected chi connectivity index (χ3v) is 1.45. The first-order chi connectivity index (χ1) is 5.45. The van der Waals surface area contributed by atoms with Crippen LogP contribution in [0, 0.1) is 0 Å². The van der Waals surface area contributed by atoms with Crippen molar-refractivity contribution in [1.29, 1.82) is 0 Å². The molecule has 0 atom stereocenters. The predicted octanol–water partition coefficient (Wildman–Crippen LogP) is -2.29. The zero-order chi connectivity index (χ0) is 9.78. The molecule has 0 rings (SSSR count). The Morgan fingerprint density at radius 2 is 1.62 bits per heavy atom. The summed E-state index contributed by atoms with van der Waals surface area (Å²) in [5.41, 5.74) is 2.34. The molecule has 0 aromatic rings. The molecule has 0 fully saturated rings.